The van der Waals surface area contributed by atoms with Crippen molar-refractivity contribution in [1.29, 1.82) is 0 Å². The van der Waals surface area contributed by atoms with Crippen molar-refractivity contribution in [3.05, 3.63) is 48.6 Å². The van der Waals surface area contributed by atoms with Crippen LogP contribution in [0.2, 0.25) is 0 Å². The molecule has 0 spiro atoms. The molecule has 14 heteroatoms. The van der Waals surface area contributed by atoms with Gasteiger partial charge in [0.05, 0.1) is 37.1 Å². The number of hydrogen-bond acceptors (Lipinski definition) is 14. The molecule has 376 valence electrons. The number of carbonyl (C=O) groups is 3. The smallest absolute Gasteiger partial charge is 0.331 e. The van der Waals surface area contributed by atoms with Gasteiger partial charge in [-0.15, -0.1) is 0 Å². The van der Waals surface area contributed by atoms with Crippen LogP contribution >= 0.6 is 0 Å². The molecule has 0 saturated heterocycles. The zero-order valence-corrected chi connectivity index (χ0v) is 42.0. The number of aliphatic hydroxyl groups is 4. The molecule has 1 aliphatic heterocycles. The van der Waals surface area contributed by atoms with E-state index in [2.05, 4.69) is 19.1 Å². The molecule has 0 aromatic heterocycles. The highest BCUT2D eigenvalue weighted by Gasteiger charge is 2.35. The minimum atomic E-state index is -0.895. The van der Waals surface area contributed by atoms with Gasteiger partial charge in [0, 0.05) is 71.5 Å². The van der Waals surface area contributed by atoms with Gasteiger partial charge in [-0.1, -0.05) is 91.0 Å². The highest BCUT2D eigenvalue weighted by atomic mass is 16.6. The first kappa shape index (κ1) is 60.1. The fourth-order valence-electron chi connectivity index (χ4n) is 8.50. The summed E-state index contributed by atoms with van der Waals surface area (Å²) in [6, 6.07) is -0.638. The number of cyclic esters (lactones) is 1. The fourth-order valence-corrected chi connectivity index (χ4v) is 8.50. The number of ether oxygens (including phenoxy) is 6. The molecule has 14 nitrogen and oxygen atoms in total. The molecule has 1 aliphatic rings. The maximum Gasteiger partial charge on any atom is 0.331 e. The summed E-state index contributed by atoms with van der Waals surface area (Å²) in [5.41, 5.74) is 0. The third-order valence-electron chi connectivity index (χ3n) is 13.3. The lowest BCUT2D eigenvalue weighted by Crippen LogP contribution is -2.44. The van der Waals surface area contributed by atoms with Crippen LogP contribution in [0.5, 0.6) is 0 Å². The van der Waals surface area contributed by atoms with Crippen LogP contribution < -0.4 is 0 Å². The van der Waals surface area contributed by atoms with Crippen LogP contribution in [0.25, 0.3) is 0 Å². The molecule has 0 aliphatic carbocycles. The number of allylic oxidation sites excluding steroid dienone is 3. The van der Waals surface area contributed by atoms with Crippen molar-refractivity contribution < 1.29 is 63.2 Å². The van der Waals surface area contributed by atoms with E-state index in [1.54, 1.807) is 51.4 Å². The Kier molecular flexibility index (Phi) is 30.2. The van der Waals surface area contributed by atoms with Gasteiger partial charge in [0.2, 0.25) is 0 Å². The van der Waals surface area contributed by atoms with Gasteiger partial charge < -0.3 is 48.8 Å². The van der Waals surface area contributed by atoms with E-state index in [0.717, 1.165) is 12.8 Å². The number of methoxy groups -OCH3 is 3. The summed E-state index contributed by atoms with van der Waals surface area (Å²) in [6.07, 6.45) is 14.4. The lowest BCUT2D eigenvalue weighted by atomic mass is 9.82. The topological polar surface area (TPSA) is 191 Å². The van der Waals surface area contributed by atoms with Crippen molar-refractivity contribution in [2.45, 2.75) is 168 Å². The number of esters is 3. The standard InChI is InChI=1S/C51H89NO13/c1-33-19-17-20-41(61-12)27-25-34(2)48(57)39(7)46(65-51(59)43(32-60-11)52(9)10)22-15-14-16-24-47(56)64-45(23-18-21-42(31-33)62-13)38(6)49(58)35(3)26-28-44(55)37(5)50(63-40(8)54)36(4)29-30-53/h14-18,20-21,24,33-39,41-46,48-50,53,55,57-58H,19,22-23,25-32H2,1-13H3/b15-14+,20-17+,21-18+,24-16+/t33-,34-,35+,36-,37+,38-,39-,41-,42+,43+,44-,45+,46-,48-,49+,50-/m1/s1. The third-order valence-corrected chi connectivity index (χ3v) is 13.3. The normalized spacial score (nSPS) is 30.5. The molecule has 0 amide bonds. The second-order valence-electron chi connectivity index (χ2n) is 18.9. The molecule has 1 heterocycles. The van der Waals surface area contributed by atoms with E-state index in [4.69, 9.17) is 28.4 Å². The molecule has 4 N–H and O–H groups in total. The van der Waals surface area contributed by atoms with Gasteiger partial charge in [-0.25, -0.2) is 4.79 Å². The summed E-state index contributed by atoms with van der Waals surface area (Å²) in [5, 5.41) is 43.9. The molecular weight excluding hydrogens is 835 g/mol. The summed E-state index contributed by atoms with van der Waals surface area (Å²) < 4.78 is 34.6. The fraction of sp³-hybridized carbons (Fsp3) is 0.784. The van der Waals surface area contributed by atoms with Crippen LogP contribution in [0.15, 0.2) is 48.6 Å². The first-order valence-corrected chi connectivity index (χ1v) is 23.8. The number of hydrogen-bond donors (Lipinski definition) is 4. The highest BCUT2D eigenvalue weighted by Crippen LogP contribution is 2.30. The summed E-state index contributed by atoms with van der Waals surface area (Å²) >= 11 is 0. The molecule has 0 aromatic rings. The average molecular weight is 924 g/mol. The first-order valence-electron chi connectivity index (χ1n) is 23.8. The zero-order valence-electron chi connectivity index (χ0n) is 42.0. The predicted molar refractivity (Wildman–Crippen MR) is 254 cm³/mol. The van der Waals surface area contributed by atoms with Crippen molar-refractivity contribution in [2.24, 2.45) is 41.4 Å². The van der Waals surface area contributed by atoms with E-state index in [-0.39, 0.29) is 55.5 Å². The number of rotatable bonds is 19. The molecule has 0 bridgehead atoms. The van der Waals surface area contributed by atoms with Crippen molar-refractivity contribution in [3.8, 4) is 0 Å². The van der Waals surface area contributed by atoms with Gasteiger partial charge in [-0.05, 0) is 82.7 Å². The van der Waals surface area contributed by atoms with Gasteiger partial charge >= 0.3 is 17.9 Å². The van der Waals surface area contributed by atoms with Crippen LogP contribution in [0, 0.1) is 41.4 Å². The number of carbonyl (C=O) groups excluding carboxylic acids is 3. The zero-order chi connectivity index (χ0) is 49.2. The SMILES string of the molecule is COC[C@@H](C(=O)O[C@@H]1C/C=C/C=C/C(=O)O[C@H]([C@@H](C)[C@@H](O)[C@@H](C)CC[C@@H](O)[C@H](C)[C@H](OC(C)=O)[C@H](C)CCO)C/C=C/[C@H](OC)C[C@H](C)C/C=C/[C@@H](OC)CC[C@@H](C)[C@@H](O)[C@@H]1C)N(C)C. The number of aliphatic hydroxyl groups excluding tert-OH is 4. The van der Waals surface area contributed by atoms with Crippen LogP contribution in [-0.2, 0) is 42.8 Å². The van der Waals surface area contributed by atoms with Crippen LogP contribution in [0.1, 0.15) is 113 Å². The third kappa shape index (κ3) is 22.6. The Bertz CT molecular complexity index is 1450. The predicted octanol–water partition coefficient (Wildman–Crippen LogP) is 6.63. The van der Waals surface area contributed by atoms with Gasteiger partial charge in [-0.3, -0.25) is 14.5 Å². The summed E-state index contributed by atoms with van der Waals surface area (Å²) in [5.74, 6) is -3.14. The molecule has 0 radical (unpaired) electrons. The maximum absolute atomic E-state index is 13.4. The van der Waals surface area contributed by atoms with Crippen LogP contribution in [0.3, 0.4) is 0 Å². The van der Waals surface area contributed by atoms with Crippen molar-refractivity contribution in [2.75, 3.05) is 48.6 Å². The minimum Gasteiger partial charge on any atom is -0.462 e. The van der Waals surface area contributed by atoms with E-state index in [1.807, 2.05) is 53.7 Å². The Labute approximate surface area is 391 Å². The maximum atomic E-state index is 13.4. The minimum absolute atomic E-state index is 0.0633. The lowest BCUT2D eigenvalue weighted by molar-refractivity contribution is -0.162. The molecular formula is C51H89NO13. The molecule has 0 fully saturated rings. The highest BCUT2D eigenvalue weighted by molar-refractivity contribution is 5.82. The number of likely N-dealkylation sites (N-methyl/N-ethyl adjacent to an activating group) is 1. The van der Waals surface area contributed by atoms with Gasteiger partial charge in [-0.2, -0.15) is 0 Å². The molecule has 65 heavy (non-hydrogen) atoms. The summed E-state index contributed by atoms with van der Waals surface area (Å²) in [6.45, 7) is 14.9. The van der Waals surface area contributed by atoms with E-state index >= 15 is 0 Å². The molecule has 0 aromatic carbocycles. The quantitative estimate of drug-likeness (QED) is 0.0614. The lowest BCUT2D eigenvalue weighted by Gasteiger charge is -2.33. The van der Waals surface area contributed by atoms with E-state index in [9.17, 15) is 34.8 Å². The Morgan fingerprint density at radius 1 is 0.862 bits per heavy atom. The monoisotopic (exact) mass is 924 g/mol. The number of nitrogens with zero attached hydrogens (tertiary/aromatic N) is 1. The van der Waals surface area contributed by atoms with Gasteiger partial charge in [0.15, 0.2) is 0 Å². The molecule has 0 unspecified atom stereocenters. The van der Waals surface area contributed by atoms with Crippen molar-refractivity contribution >= 4 is 17.9 Å². The van der Waals surface area contributed by atoms with Crippen molar-refractivity contribution in [3.63, 3.8) is 0 Å². The second kappa shape index (κ2) is 32.7. The molecule has 1 rings (SSSR count). The molecule has 0 saturated carbocycles. The first-order chi connectivity index (χ1) is 30.7. The van der Waals surface area contributed by atoms with E-state index < -0.39 is 78.3 Å². The van der Waals surface area contributed by atoms with E-state index in [1.165, 1.54) is 20.1 Å². The largest absolute Gasteiger partial charge is 0.462 e. The summed E-state index contributed by atoms with van der Waals surface area (Å²) in [4.78, 5) is 40.4. The van der Waals surface area contributed by atoms with Gasteiger partial charge in [0.25, 0.3) is 0 Å². The van der Waals surface area contributed by atoms with E-state index in [0.29, 0.717) is 38.5 Å². The Hall–Kier alpha value is -2.95. The Morgan fingerprint density at radius 3 is 2.11 bits per heavy atom. The van der Waals surface area contributed by atoms with Crippen LogP contribution in [-0.4, -0.2) is 147 Å². The van der Waals surface area contributed by atoms with Gasteiger partial charge in [0.1, 0.15) is 24.4 Å². The second-order valence-corrected chi connectivity index (χ2v) is 18.9. The Morgan fingerprint density at radius 2 is 1.51 bits per heavy atom. The molecule has 16 atom stereocenters. The average Bonchev–Trinajstić information content (AvgIpc) is 3.26. The Balaban J connectivity index is 3.45. The van der Waals surface area contributed by atoms with Crippen LogP contribution in [0.4, 0.5) is 0 Å². The van der Waals surface area contributed by atoms with Crippen molar-refractivity contribution in [1.82, 2.24) is 4.90 Å². The summed E-state index contributed by atoms with van der Waals surface area (Å²) in [7, 11) is 8.43.